The van der Waals surface area contributed by atoms with Gasteiger partial charge >= 0.3 is 0 Å². The van der Waals surface area contributed by atoms with E-state index in [2.05, 4.69) is 214 Å². The highest BCUT2D eigenvalue weighted by molar-refractivity contribution is 7.81. The lowest BCUT2D eigenvalue weighted by atomic mass is 10.0. The minimum Gasteiger partial charge on any atom is -0.389 e. The Hall–Kier alpha value is -6.38. The van der Waals surface area contributed by atoms with Gasteiger partial charge in [0.1, 0.15) is 9.98 Å². The lowest BCUT2D eigenvalue weighted by Gasteiger charge is -2.20. The highest BCUT2D eigenvalue weighted by Crippen LogP contribution is 2.29. The molecule has 7 nitrogen and oxygen atoms in total. The molecule has 7 aromatic carbocycles. The second-order valence-electron chi connectivity index (χ2n) is 22.2. The Morgan fingerprint density at radius 1 is 0.447 bits per heavy atom. The van der Waals surface area contributed by atoms with Crippen LogP contribution in [0.3, 0.4) is 0 Å². The van der Waals surface area contributed by atoms with Crippen molar-refractivity contribution in [2.24, 2.45) is 5.73 Å². The third-order valence-electron chi connectivity index (χ3n) is 14.6. The van der Waals surface area contributed by atoms with Gasteiger partial charge < -0.3 is 31.1 Å². The van der Waals surface area contributed by atoms with Crippen LogP contribution in [0.1, 0.15) is 101 Å². The van der Waals surface area contributed by atoms with Crippen LogP contribution in [0.2, 0.25) is 0 Å². The number of nitrogens with zero attached hydrogens (tertiary/aromatic N) is 3. The number of likely N-dealkylation sites (N-methyl/N-ethyl adjacent to an activating group) is 1. The number of aryl methyl sites for hydroxylation is 4. The quantitative estimate of drug-likeness (QED) is 0.101. The van der Waals surface area contributed by atoms with Gasteiger partial charge in [0.15, 0.2) is 5.78 Å². The number of nitrogens with two attached hydrogens (primary N) is 1. The molecular weight excluding hydrogens is 1120 g/mol. The van der Waals surface area contributed by atoms with Crippen LogP contribution in [0.4, 0.5) is 0 Å². The number of hydrogen-bond donors (Lipinski definition) is 3. The Balaban J connectivity index is 0.000000186. The van der Waals surface area contributed by atoms with Gasteiger partial charge in [-0.25, -0.2) is 0 Å². The molecule has 0 amide bonds. The van der Waals surface area contributed by atoms with Gasteiger partial charge in [-0.05, 0) is 191 Å². The van der Waals surface area contributed by atoms with Gasteiger partial charge in [0, 0.05) is 41.0 Å². The number of carbonyl (C=O) groups excluding carboxylic acids is 1. The summed E-state index contributed by atoms with van der Waals surface area (Å²) in [6.07, 6.45) is 8.40. The molecule has 1 aromatic heterocycles. The van der Waals surface area contributed by atoms with Crippen molar-refractivity contribution in [1.82, 2.24) is 25.3 Å². The average Bonchev–Trinajstić information content (AvgIpc) is 4.39. The number of rotatable bonds is 8. The van der Waals surface area contributed by atoms with E-state index in [1.54, 1.807) is 18.3 Å². The zero-order valence-corrected chi connectivity index (χ0v) is 55.4. The van der Waals surface area contributed by atoms with Gasteiger partial charge in [0.05, 0.1) is 4.88 Å². The summed E-state index contributed by atoms with van der Waals surface area (Å²) < 4.78 is 0. The molecule has 3 aliphatic rings. The molecular formula is C74H92N6OS4. The number of ketones is 1. The topological polar surface area (TPSA) is 76.9 Å². The molecule has 0 atom stereocenters. The van der Waals surface area contributed by atoms with Gasteiger partial charge in [-0.15, -0.1) is 11.3 Å². The van der Waals surface area contributed by atoms with Crippen LogP contribution in [0, 0.1) is 27.7 Å². The molecule has 0 unspecified atom stereocenters. The largest absolute Gasteiger partial charge is 0.389 e. The summed E-state index contributed by atoms with van der Waals surface area (Å²) >= 11 is 16.8. The number of likely N-dealkylation sites (tertiary alicyclic amines) is 2. The Kier molecular flexibility index (Phi) is 31.0. The number of nitrogens with one attached hydrogen (secondary N) is 2. The van der Waals surface area contributed by atoms with E-state index in [-0.39, 0.29) is 5.78 Å². The van der Waals surface area contributed by atoms with E-state index in [9.17, 15) is 4.79 Å². The summed E-state index contributed by atoms with van der Waals surface area (Å²) in [6, 6.07) is 62.4. The molecule has 0 spiro atoms. The fourth-order valence-electron chi connectivity index (χ4n) is 9.55. The minimum absolute atomic E-state index is 0.138. The van der Waals surface area contributed by atoms with Crippen molar-refractivity contribution in [3.8, 4) is 43.8 Å². The molecule has 0 aliphatic carbocycles. The molecule has 4 N–H and O–H groups in total. The van der Waals surface area contributed by atoms with E-state index in [1.807, 2.05) is 56.4 Å². The Labute approximate surface area is 531 Å². The standard InChI is InChI=1S/C15H15NS.C15H14S.C14H13NS.C13H12OS.C6H14N2.C6H13N.C5H11N/c1-11-4-3-5-14(10-11)12-6-8-13(9-7-12)15(17)16-2;1-11-4-3-5-15(10-11)14-8-6-13(7-9-14)12(2)16;1-10-3-2-4-13(9-10)11-5-7-12(8-6-11)14(15)16;1-9-4-3-5-11(8-9)13-7-6-12(15-13)10(2)14;1-8-5-2-3-7-4-6-8;1-7-5-3-2-4-6-7;1-6-4-2-3-5-6/h3-10H,1-2H3,(H,16,17);3-10H,1-2H3;2-9H,1H3,(H2,15,16);3-8H,1-2H3;7H,2-6H2,1H3;2-6H2,1H3;2-5H2,1H3. The number of Topliss-reactive ketones (excluding diaryl/α,β-unsaturated/α-hetero) is 1. The second-order valence-corrected chi connectivity index (χ2v) is 24.8. The van der Waals surface area contributed by atoms with Crippen LogP contribution >= 0.6 is 48.0 Å². The molecule has 11 heteroatoms. The van der Waals surface area contributed by atoms with E-state index >= 15 is 0 Å². The lowest BCUT2D eigenvalue weighted by Crippen LogP contribution is -2.24. The first-order valence-corrected chi connectivity index (χ1v) is 31.9. The van der Waals surface area contributed by atoms with Crippen LogP contribution in [-0.4, -0.2) is 116 Å². The molecule has 11 rings (SSSR count). The molecule has 8 aromatic rings. The molecule has 3 aliphatic heterocycles. The summed E-state index contributed by atoms with van der Waals surface area (Å²) in [5, 5.41) is 6.32. The maximum atomic E-state index is 11.2. The molecule has 4 heterocycles. The van der Waals surface area contributed by atoms with E-state index in [0.717, 1.165) is 42.8 Å². The Morgan fingerprint density at radius 3 is 1.18 bits per heavy atom. The summed E-state index contributed by atoms with van der Waals surface area (Å²) in [5.74, 6) is 0.138. The van der Waals surface area contributed by atoms with Crippen molar-refractivity contribution in [2.45, 2.75) is 80.1 Å². The van der Waals surface area contributed by atoms with Crippen LogP contribution in [-0.2, 0) is 0 Å². The molecule has 0 bridgehead atoms. The van der Waals surface area contributed by atoms with E-state index in [4.69, 9.17) is 42.4 Å². The smallest absolute Gasteiger partial charge is 0.169 e. The number of thiophene rings is 1. The molecule has 448 valence electrons. The highest BCUT2D eigenvalue weighted by atomic mass is 32.1. The van der Waals surface area contributed by atoms with Crippen molar-refractivity contribution < 1.29 is 4.79 Å². The number of carbonyl (C=O) groups is 1. The molecule has 3 fully saturated rings. The highest BCUT2D eigenvalue weighted by Gasteiger charge is 2.08. The zero-order chi connectivity index (χ0) is 61.5. The Bertz CT molecular complexity index is 3180. The van der Waals surface area contributed by atoms with Crippen molar-refractivity contribution in [3.63, 3.8) is 0 Å². The Morgan fingerprint density at radius 2 is 0.824 bits per heavy atom. The molecule has 0 radical (unpaired) electrons. The maximum Gasteiger partial charge on any atom is 0.169 e. The van der Waals surface area contributed by atoms with Gasteiger partial charge in [-0.3, -0.25) is 4.79 Å². The number of hydrogen-bond acceptors (Lipinski definition) is 9. The first kappa shape index (κ1) is 69.4. The summed E-state index contributed by atoms with van der Waals surface area (Å²) in [5.41, 5.74) is 22.3. The fourth-order valence-corrected chi connectivity index (χ4v) is 10.9. The van der Waals surface area contributed by atoms with Crippen LogP contribution in [0.5, 0.6) is 0 Å². The normalized spacial score (nSPS) is 13.9. The van der Waals surface area contributed by atoms with E-state index in [1.165, 1.54) is 146 Å². The molecule has 85 heavy (non-hydrogen) atoms. The predicted octanol–water partition coefficient (Wildman–Crippen LogP) is 16.9. The van der Waals surface area contributed by atoms with Crippen LogP contribution in [0.15, 0.2) is 182 Å². The van der Waals surface area contributed by atoms with Crippen molar-refractivity contribution in [3.05, 3.63) is 226 Å². The first-order chi connectivity index (χ1) is 40.9. The number of piperidine rings is 1. The predicted molar refractivity (Wildman–Crippen MR) is 381 cm³/mol. The minimum atomic E-state index is 0.138. The van der Waals surface area contributed by atoms with E-state index in [0.29, 0.717) is 4.99 Å². The fraction of sp³-hybridized carbons (Fsp3) is 0.324. The second kappa shape index (κ2) is 37.9. The third kappa shape index (κ3) is 26.0. The SMILES string of the molecule is CC(=O)c1ccc(-c2cccc(C)c2)s1.CC(=S)c1ccc(-c2cccc(C)c2)cc1.CN1CCCC1.CN1CCCCC1.CN1CCCNCC1.CNC(=S)c1ccc(-c2cccc(C)c2)cc1.Cc1cccc(-c2ccc(C(N)=S)cc2)c1. The summed E-state index contributed by atoms with van der Waals surface area (Å²) in [4.78, 5) is 22.4. The molecule has 0 saturated carbocycles. The summed E-state index contributed by atoms with van der Waals surface area (Å²) in [7, 11) is 8.38. The maximum absolute atomic E-state index is 11.2. The monoisotopic (exact) mass is 1210 g/mol. The molecule has 3 saturated heterocycles. The van der Waals surface area contributed by atoms with Gasteiger partial charge in [0.25, 0.3) is 0 Å². The van der Waals surface area contributed by atoms with Gasteiger partial charge in [-0.2, -0.15) is 0 Å². The van der Waals surface area contributed by atoms with Crippen LogP contribution < -0.4 is 16.4 Å². The van der Waals surface area contributed by atoms with Gasteiger partial charge in [0.2, 0.25) is 0 Å². The van der Waals surface area contributed by atoms with Crippen molar-refractivity contribution in [1.29, 1.82) is 0 Å². The number of thiocarbonyl (C=S) groups is 3. The first-order valence-electron chi connectivity index (χ1n) is 29.9. The summed E-state index contributed by atoms with van der Waals surface area (Å²) in [6.45, 7) is 22.0. The lowest BCUT2D eigenvalue weighted by molar-refractivity contribution is 0.102. The average molecular weight is 1210 g/mol. The third-order valence-corrected chi connectivity index (χ3v) is 16.8. The number of benzene rings is 7. The zero-order valence-electron chi connectivity index (χ0n) is 52.2. The van der Waals surface area contributed by atoms with E-state index < -0.39 is 0 Å². The van der Waals surface area contributed by atoms with Crippen molar-refractivity contribution in [2.75, 3.05) is 80.5 Å². The van der Waals surface area contributed by atoms with Crippen LogP contribution in [0.25, 0.3) is 43.8 Å². The van der Waals surface area contributed by atoms with Gasteiger partial charge in [-0.1, -0.05) is 235 Å². The van der Waals surface area contributed by atoms with Crippen molar-refractivity contribution >= 4 is 68.6 Å².